The Morgan fingerprint density at radius 3 is 2.56 bits per heavy atom. The van der Waals surface area contributed by atoms with Gasteiger partial charge in [0.15, 0.2) is 0 Å². The summed E-state index contributed by atoms with van der Waals surface area (Å²) in [5.41, 5.74) is 2.40. The number of hydrogen-bond acceptors (Lipinski definition) is 3. The smallest absolute Gasteiger partial charge is 0.125 e. The fraction of sp³-hybridized carbons (Fsp3) is 0.467. The van der Waals surface area contributed by atoms with Gasteiger partial charge in [-0.25, -0.2) is 4.98 Å². The second-order valence-electron chi connectivity index (χ2n) is 3.73. The number of aromatic nitrogens is 2. The molecule has 98 valence electrons. The van der Waals surface area contributed by atoms with Crippen molar-refractivity contribution < 1.29 is 0 Å². The first kappa shape index (κ1) is 14.8. The number of nitrogens with zero attached hydrogens (tertiary/aromatic N) is 2. The van der Waals surface area contributed by atoms with Gasteiger partial charge in [0.05, 0.1) is 5.69 Å². The van der Waals surface area contributed by atoms with Crippen molar-refractivity contribution in [2.75, 3.05) is 0 Å². The average Bonchev–Trinajstić information content (AvgIpc) is 2.86. The normalized spacial score (nSPS) is 9.78. The molecule has 0 amide bonds. The molecule has 2 heterocycles. The van der Waals surface area contributed by atoms with E-state index in [1.165, 1.54) is 10.6 Å². The molecule has 18 heavy (non-hydrogen) atoms. The highest BCUT2D eigenvalue weighted by atomic mass is 32.1. The van der Waals surface area contributed by atoms with Gasteiger partial charge in [-0.1, -0.05) is 34.1 Å². The minimum atomic E-state index is 1.08. The maximum atomic E-state index is 4.72. The molecule has 2 rings (SSSR count). The molecule has 0 atom stereocenters. The van der Waals surface area contributed by atoms with Crippen LogP contribution in [-0.4, -0.2) is 9.97 Å². The summed E-state index contributed by atoms with van der Waals surface area (Å²) in [6, 6.07) is 4.03. The Bertz CT molecular complexity index is 449. The number of pyridine rings is 1. The number of thiazole rings is 1. The van der Waals surface area contributed by atoms with E-state index in [0.717, 1.165) is 29.8 Å². The minimum absolute atomic E-state index is 1.08. The van der Waals surface area contributed by atoms with Gasteiger partial charge in [-0.3, -0.25) is 4.98 Å². The van der Waals surface area contributed by atoms with Crippen LogP contribution in [0.1, 0.15) is 44.7 Å². The topological polar surface area (TPSA) is 25.8 Å². The van der Waals surface area contributed by atoms with Crippen molar-refractivity contribution in [2.45, 2.75) is 47.0 Å². The van der Waals surface area contributed by atoms with Gasteiger partial charge < -0.3 is 0 Å². The van der Waals surface area contributed by atoms with Crippen LogP contribution >= 0.6 is 11.3 Å². The summed E-state index contributed by atoms with van der Waals surface area (Å²) in [5, 5.41) is 1.11. The van der Waals surface area contributed by atoms with Crippen LogP contribution < -0.4 is 0 Å². The molecule has 0 bridgehead atoms. The first-order valence-corrected chi connectivity index (χ1v) is 7.55. The van der Waals surface area contributed by atoms with Gasteiger partial charge >= 0.3 is 0 Å². The van der Waals surface area contributed by atoms with Crippen molar-refractivity contribution in [1.29, 1.82) is 0 Å². The summed E-state index contributed by atoms with van der Waals surface area (Å²) in [5.74, 6) is 0. The first-order valence-electron chi connectivity index (χ1n) is 6.74. The Hall–Kier alpha value is -1.22. The fourth-order valence-corrected chi connectivity index (χ4v) is 2.74. The van der Waals surface area contributed by atoms with Gasteiger partial charge in [0.25, 0.3) is 0 Å². The number of aryl methyl sites for hydroxylation is 2. The molecule has 0 aromatic carbocycles. The lowest BCUT2D eigenvalue weighted by molar-refractivity contribution is 0.876. The van der Waals surface area contributed by atoms with Crippen LogP contribution in [0.15, 0.2) is 24.5 Å². The average molecular weight is 262 g/mol. The van der Waals surface area contributed by atoms with Gasteiger partial charge in [0.2, 0.25) is 0 Å². The molecule has 3 heteroatoms. The van der Waals surface area contributed by atoms with Crippen LogP contribution in [0.4, 0.5) is 0 Å². The SMILES string of the molecule is CC.CCCc1nc(-c2cccnc2)sc1CC. The first-order chi connectivity index (χ1) is 8.85. The zero-order valence-corrected chi connectivity index (χ0v) is 12.5. The Morgan fingerprint density at radius 1 is 1.22 bits per heavy atom. The Kier molecular flexibility index (Phi) is 6.58. The molecule has 2 aromatic rings. The van der Waals surface area contributed by atoms with E-state index < -0.39 is 0 Å². The second kappa shape index (κ2) is 7.98. The van der Waals surface area contributed by atoms with E-state index in [4.69, 9.17) is 4.98 Å². The lowest BCUT2D eigenvalue weighted by atomic mass is 10.2. The third-order valence-corrected chi connectivity index (χ3v) is 3.79. The van der Waals surface area contributed by atoms with E-state index in [1.807, 2.05) is 26.1 Å². The predicted octanol–water partition coefficient (Wildman–Crippen LogP) is 4.75. The van der Waals surface area contributed by atoms with Gasteiger partial charge in [0.1, 0.15) is 5.01 Å². The van der Waals surface area contributed by atoms with Gasteiger partial charge in [-0.15, -0.1) is 11.3 Å². The summed E-state index contributed by atoms with van der Waals surface area (Å²) in [6.45, 7) is 8.39. The van der Waals surface area contributed by atoms with E-state index in [-0.39, 0.29) is 0 Å². The summed E-state index contributed by atoms with van der Waals surface area (Å²) in [4.78, 5) is 10.3. The standard InChI is InChI=1S/C13H16N2S.C2H6/c1-3-6-11-12(4-2)16-13(15-11)10-7-5-8-14-9-10;1-2/h5,7-9H,3-4,6H2,1-2H3;1-2H3. The van der Waals surface area contributed by atoms with Crippen molar-refractivity contribution in [1.82, 2.24) is 9.97 Å². The second-order valence-corrected chi connectivity index (χ2v) is 4.82. The molecule has 0 spiro atoms. The van der Waals surface area contributed by atoms with E-state index in [9.17, 15) is 0 Å². The Morgan fingerprint density at radius 2 is 2.00 bits per heavy atom. The minimum Gasteiger partial charge on any atom is -0.264 e. The molecule has 0 aliphatic rings. The number of hydrogen-bond donors (Lipinski definition) is 0. The molecule has 0 fully saturated rings. The van der Waals surface area contributed by atoms with Crippen LogP contribution in [0, 0.1) is 0 Å². The molecule has 0 aliphatic heterocycles. The molecule has 0 saturated carbocycles. The van der Waals surface area contributed by atoms with E-state index >= 15 is 0 Å². The lowest BCUT2D eigenvalue weighted by Crippen LogP contribution is -1.88. The van der Waals surface area contributed by atoms with Crippen LogP contribution in [-0.2, 0) is 12.8 Å². The zero-order chi connectivity index (χ0) is 13.4. The Labute approximate surface area is 114 Å². The van der Waals surface area contributed by atoms with Crippen LogP contribution in [0.2, 0.25) is 0 Å². The molecule has 0 radical (unpaired) electrons. The van der Waals surface area contributed by atoms with Gasteiger partial charge in [-0.2, -0.15) is 0 Å². The number of rotatable bonds is 4. The third-order valence-electron chi connectivity index (χ3n) is 2.49. The largest absolute Gasteiger partial charge is 0.264 e. The van der Waals surface area contributed by atoms with Crippen molar-refractivity contribution in [2.24, 2.45) is 0 Å². The van der Waals surface area contributed by atoms with Crippen LogP contribution in [0.25, 0.3) is 10.6 Å². The van der Waals surface area contributed by atoms with Crippen molar-refractivity contribution in [3.63, 3.8) is 0 Å². The fourth-order valence-electron chi connectivity index (χ4n) is 1.70. The van der Waals surface area contributed by atoms with Crippen molar-refractivity contribution in [3.8, 4) is 10.6 Å². The monoisotopic (exact) mass is 262 g/mol. The molecule has 2 aromatic heterocycles. The van der Waals surface area contributed by atoms with Gasteiger partial charge in [-0.05, 0) is 25.0 Å². The molecule has 0 aliphatic carbocycles. The highest BCUT2D eigenvalue weighted by Gasteiger charge is 2.10. The molecular weight excluding hydrogens is 240 g/mol. The quantitative estimate of drug-likeness (QED) is 0.795. The van der Waals surface area contributed by atoms with E-state index in [2.05, 4.69) is 24.9 Å². The van der Waals surface area contributed by atoms with Crippen LogP contribution in [0.3, 0.4) is 0 Å². The highest BCUT2D eigenvalue weighted by molar-refractivity contribution is 7.15. The summed E-state index contributed by atoms with van der Waals surface area (Å²) in [6.07, 6.45) is 7.00. The maximum Gasteiger partial charge on any atom is 0.125 e. The Balaban J connectivity index is 0.000000771. The molecule has 2 nitrogen and oxygen atoms in total. The lowest BCUT2D eigenvalue weighted by Gasteiger charge is -1.94. The molecule has 0 unspecified atom stereocenters. The van der Waals surface area contributed by atoms with Crippen molar-refractivity contribution >= 4 is 11.3 Å². The summed E-state index contributed by atoms with van der Waals surface area (Å²) < 4.78 is 0. The zero-order valence-electron chi connectivity index (χ0n) is 11.7. The summed E-state index contributed by atoms with van der Waals surface area (Å²) in [7, 11) is 0. The van der Waals surface area contributed by atoms with E-state index in [0.29, 0.717) is 0 Å². The predicted molar refractivity (Wildman–Crippen MR) is 80.1 cm³/mol. The van der Waals surface area contributed by atoms with E-state index in [1.54, 1.807) is 17.5 Å². The third kappa shape index (κ3) is 3.64. The molecule has 0 N–H and O–H groups in total. The van der Waals surface area contributed by atoms with Crippen molar-refractivity contribution in [3.05, 3.63) is 35.1 Å². The molecular formula is C15H22N2S. The molecule has 0 saturated heterocycles. The maximum absolute atomic E-state index is 4.72. The van der Waals surface area contributed by atoms with Gasteiger partial charge in [0, 0.05) is 22.8 Å². The summed E-state index contributed by atoms with van der Waals surface area (Å²) >= 11 is 1.80. The van der Waals surface area contributed by atoms with Crippen LogP contribution in [0.5, 0.6) is 0 Å². The highest BCUT2D eigenvalue weighted by Crippen LogP contribution is 2.28.